The van der Waals surface area contributed by atoms with Gasteiger partial charge < -0.3 is 4.90 Å². The third-order valence-corrected chi connectivity index (χ3v) is 6.69. The van der Waals surface area contributed by atoms with E-state index in [0.717, 1.165) is 35.3 Å². The molecule has 0 atom stereocenters. The third kappa shape index (κ3) is 6.28. The summed E-state index contributed by atoms with van der Waals surface area (Å²) in [5.74, 6) is -0.800. The molecule has 31 heavy (non-hydrogen) atoms. The fraction of sp³-hybridized carbons (Fsp3) is 0.333. The van der Waals surface area contributed by atoms with E-state index in [1.165, 1.54) is 4.90 Å². The molecule has 0 spiro atoms. The summed E-state index contributed by atoms with van der Waals surface area (Å²) in [7, 11) is -1.77. The molecule has 7 heteroatoms. The fourth-order valence-corrected chi connectivity index (χ4v) is 4.75. The van der Waals surface area contributed by atoms with Gasteiger partial charge in [0.15, 0.2) is 9.84 Å². The minimum atomic E-state index is -3.40. The van der Waals surface area contributed by atoms with Crippen LogP contribution in [0, 0.1) is 0 Å². The Kier molecular flexibility index (Phi) is 7.63. The highest BCUT2D eigenvalue weighted by Crippen LogP contribution is 2.24. The largest absolute Gasteiger partial charge is 0.340 e. The minimum absolute atomic E-state index is 0.0572. The lowest BCUT2D eigenvalue weighted by Gasteiger charge is -2.17. The van der Waals surface area contributed by atoms with Crippen LogP contribution in [0.1, 0.15) is 31.7 Å². The van der Waals surface area contributed by atoms with Crippen molar-refractivity contribution >= 4 is 15.7 Å². The molecule has 0 saturated carbocycles. The molecule has 1 heterocycles. The molecule has 0 bridgehead atoms. The molecule has 0 aliphatic rings. The van der Waals surface area contributed by atoms with Gasteiger partial charge in [0.25, 0.3) is 0 Å². The van der Waals surface area contributed by atoms with Crippen LogP contribution in [-0.4, -0.2) is 47.6 Å². The molecule has 0 unspecified atom stereocenters. The zero-order chi connectivity index (χ0) is 22.3. The number of amides is 1. The lowest BCUT2D eigenvalue weighted by molar-refractivity contribution is -0.127. The third-order valence-electron chi connectivity index (χ3n) is 5.09. The molecule has 1 amide bonds. The molecule has 0 saturated heterocycles. The predicted octanol–water partition coefficient (Wildman–Crippen LogP) is 4.10. The van der Waals surface area contributed by atoms with Crippen LogP contribution in [0.15, 0.2) is 66.9 Å². The van der Waals surface area contributed by atoms with Crippen molar-refractivity contribution in [3.05, 3.63) is 72.4 Å². The van der Waals surface area contributed by atoms with Crippen molar-refractivity contribution < 1.29 is 13.2 Å². The Balaban J connectivity index is 1.81. The monoisotopic (exact) mass is 439 g/mol. The Morgan fingerprint density at radius 3 is 2.29 bits per heavy atom. The van der Waals surface area contributed by atoms with E-state index in [2.05, 4.69) is 0 Å². The summed E-state index contributed by atoms with van der Waals surface area (Å²) >= 11 is 0. The van der Waals surface area contributed by atoms with Gasteiger partial charge in [-0.25, -0.2) is 13.1 Å². The molecule has 2 aromatic carbocycles. The SMILES string of the molecule is CCCCCS(=O)(=O)CC(=O)N(C)Cc1cn(-c2ccccc2)nc1-c1ccccc1. The molecule has 3 rings (SSSR count). The van der Waals surface area contributed by atoms with Crippen molar-refractivity contribution in [1.82, 2.24) is 14.7 Å². The van der Waals surface area contributed by atoms with E-state index in [9.17, 15) is 13.2 Å². The van der Waals surface area contributed by atoms with E-state index in [0.29, 0.717) is 6.42 Å². The molecule has 0 N–H and O–H groups in total. The number of aromatic nitrogens is 2. The first-order chi connectivity index (χ1) is 14.9. The summed E-state index contributed by atoms with van der Waals surface area (Å²) in [4.78, 5) is 14.1. The van der Waals surface area contributed by atoms with E-state index in [1.807, 2.05) is 73.8 Å². The molecular weight excluding hydrogens is 410 g/mol. The Labute approximate surface area is 184 Å². The average molecular weight is 440 g/mol. The summed E-state index contributed by atoms with van der Waals surface area (Å²) in [6, 6.07) is 19.5. The van der Waals surface area contributed by atoms with E-state index in [1.54, 1.807) is 11.7 Å². The normalized spacial score (nSPS) is 11.4. The van der Waals surface area contributed by atoms with Gasteiger partial charge >= 0.3 is 0 Å². The van der Waals surface area contributed by atoms with Crippen LogP contribution >= 0.6 is 0 Å². The summed E-state index contributed by atoms with van der Waals surface area (Å²) in [6.45, 7) is 2.30. The van der Waals surface area contributed by atoms with Crippen molar-refractivity contribution in [3.8, 4) is 16.9 Å². The Morgan fingerprint density at radius 2 is 1.65 bits per heavy atom. The summed E-state index contributed by atoms with van der Waals surface area (Å²) in [5, 5.41) is 4.75. The van der Waals surface area contributed by atoms with Gasteiger partial charge in [-0.15, -0.1) is 0 Å². The number of hydrogen-bond donors (Lipinski definition) is 0. The van der Waals surface area contributed by atoms with E-state index in [4.69, 9.17) is 5.10 Å². The number of hydrogen-bond acceptors (Lipinski definition) is 4. The van der Waals surface area contributed by atoms with Crippen molar-refractivity contribution in [2.45, 2.75) is 32.7 Å². The molecule has 3 aromatic rings. The van der Waals surface area contributed by atoms with Gasteiger partial charge in [0, 0.05) is 30.9 Å². The zero-order valence-corrected chi connectivity index (χ0v) is 18.9. The molecule has 1 aromatic heterocycles. The van der Waals surface area contributed by atoms with E-state index in [-0.39, 0.29) is 12.3 Å². The Morgan fingerprint density at radius 1 is 1.00 bits per heavy atom. The molecule has 0 aliphatic heterocycles. The van der Waals surface area contributed by atoms with Gasteiger partial charge in [-0.3, -0.25) is 4.79 Å². The standard InChI is InChI=1S/C24H29N3O3S/c1-3-4-11-16-31(29,30)19-23(28)26(2)17-21-18-27(22-14-9-6-10-15-22)25-24(21)20-12-7-5-8-13-20/h5-10,12-15,18H,3-4,11,16-17,19H2,1-2H3. The highest BCUT2D eigenvalue weighted by atomic mass is 32.2. The smallest absolute Gasteiger partial charge is 0.237 e. The zero-order valence-electron chi connectivity index (χ0n) is 18.1. The first-order valence-corrected chi connectivity index (χ1v) is 12.4. The van der Waals surface area contributed by atoms with Gasteiger partial charge in [0.05, 0.1) is 17.1 Å². The maximum Gasteiger partial charge on any atom is 0.237 e. The maximum absolute atomic E-state index is 12.6. The second-order valence-corrected chi connectivity index (χ2v) is 9.88. The second-order valence-electron chi connectivity index (χ2n) is 7.70. The summed E-state index contributed by atoms with van der Waals surface area (Å²) in [6.07, 6.45) is 4.29. The fourth-order valence-electron chi connectivity index (χ4n) is 3.36. The van der Waals surface area contributed by atoms with Gasteiger partial charge in [-0.1, -0.05) is 68.3 Å². The van der Waals surface area contributed by atoms with Crippen molar-refractivity contribution in [3.63, 3.8) is 0 Å². The second kappa shape index (κ2) is 10.4. The van der Waals surface area contributed by atoms with Crippen LogP contribution in [-0.2, 0) is 21.2 Å². The van der Waals surface area contributed by atoms with E-state index < -0.39 is 21.5 Å². The predicted molar refractivity (Wildman–Crippen MR) is 124 cm³/mol. The molecule has 0 radical (unpaired) electrons. The Hall–Kier alpha value is -2.93. The lowest BCUT2D eigenvalue weighted by Crippen LogP contribution is -2.33. The minimum Gasteiger partial charge on any atom is -0.340 e. The number of unbranched alkanes of at least 4 members (excludes halogenated alkanes) is 2. The van der Waals surface area contributed by atoms with Crippen molar-refractivity contribution in [2.24, 2.45) is 0 Å². The molecule has 0 fully saturated rings. The lowest BCUT2D eigenvalue weighted by atomic mass is 10.1. The molecule has 164 valence electrons. The average Bonchev–Trinajstić information content (AvgIpc) is 3.18. The van der Waals surface area contributed by atoms with Crippen LogP contribution in [0.2, 0.25) is 0 Å². The van der Waals surface area contributed by atoms with Crippen molar-refractivity contribution in [1.29, 1.82) is 0 Å². The molecule has 6 nitrogen and oxygen atoms in total. The van der Waals surface area contributed by atoms with Crippen LogP contribution in [0.3, 0.4) is 0 Å². The van der Waals surface area contributed by atoms with Crippen LogP contribution in [0.5, 0.6) is 0 Å². The van der Waals surface area contributed by atoms with Gasteiger partial charge in [-0.05, 0) is 18.6 Å². The maximum atomic E-state index is 12.6. The van der Waals surface area contributed by atoms with Gasteiger partial charge in [0.1, 0.15) is 5.75 Å². The van der Waals surface area contributed by atoms with Crippen LogP contribution in [0.25, 0.3) is 16.9 Å². The number of nitrogens with zero attached hydrogens (tertiary/aromatic N) is 3. The summed E-state index contributed by atoms with van der Waals surface area (Å²) < 4.78 is 26.4. The topological polar surface area (TPSA) is 72.3 Å². The first kappa shape index (κ1) is 22.7. The molecular formula is C24H29N3O3S. The number of rotatable bonds is 10. The first-order valence-electron chi connectivity index (χ1n) is 10.5. The quantitative estimate of drug-likeness (QED) is 0.446. The van der Waals surface area contributed by atoms with Gasteiger partial charge in [-0.2, -0.15) is 5.10 Å². The number of carbonyl (C=O) groups is 1. The number of carbonyl (C=O) groups excluding carboxylic acids is 1. The van der Waals surface area contributed by atoms with Gasteiger partial charge in [0.2, 0.25) is 5.91 Å². The van der Waals surface area contributed by atoms with Crippen LogP contribution < -0.4 is 0 Å². The van der Waals surface area contributed by atoms with E-state index >= 15 is 0 Å². The van der Waals surface area contributed by atoms with Crippen LogP contribution in [0.4, 0.5) is 0 Å². The summed E-state index contributed by atoms with van der Waals surface area (Å²) in [5.41, 5.74) is 3.49. The Bertz CT molecular complexity index is 1090. The highest BCUT2D eigenvalue weighted by molar-refractivity contribution is 7.92. The highest BCUT2D eigenvalue weighted by Gasteiger charge is 2.21. The van der Waals surface area contributed by atoms with Crippen molar-refractivity contribution in [2.75, 3.05) is 18.6 Å². The number of para-hydroxylation sites is 1. The molecule has 0 aliphatic carbocycles. The number of benzene rings is 2. The number of sulfone groups is 1.